The van der Waals surface area contributed by atoms with Gasteiger partial charge < -0.3 is 15.2 Å². The first-order valence-electron chi connectivity index (χ1n) is 7.90. The van der Waals surface area contributed by atoms with E-state index in [2.05, 4.69) is 5.32 Å². The summed E-state index contributed by atoms with van der Waals surface area (Å²) >= 11 is 18.5. The van der Waals surface area contributed by atoms with Gasteiger partial charge in [0.25, 0.3) is 0 Å². The molecule has 134 valence electrons. The van der Waals surface area contributed by atoms with Crippen LogP contribution in [0.1, 0.15) is 11.1 Å². The number of phenolic OH excluding ortho intramolecular Hbond substituents is 1. The van der Waals surface area contributed by atoms with Crippen molar-refractivity contribution in [3.63, 3.8) is 0 Å². The van der Waals surface area contributed by atoms with E-state index in [0.717, 1.165) is 16.8 Å². The molecule has 0 aromatic heterocycles. The monoisotopic (exact) mass is 407 g/mol. The van der Waals surface area contributed by atoms with Crippen molar-refractivity contribution in [1.82, 2.24) is 0 Å². The normalized spacial score (nSPS) is 10.6. The number of anilines is 1. The third kappa shape index (κ3) is 4.76. The molecule has 0 aliphatic rings. The van der Waals surface area contributed by atoms with E-state index in [1.807, 2.05) is 12.1 Å². The Labute approximate surface area is 167 Å². The highest BCUT2D eigenvalue weighted by Crippen LogP contribution is 2.29. The average Bonchev–Trinajstić information content (AvgIpc) is 2.62. The maximum atomic E-state index is 9.36. The molecular formula is C20H16Cl3NO2. The highest BCUT2D eigenvalue weighted by Gasteiger charge is 2.10. The lowest BCUT2D eigenvalue weighted by Gasteiger charge is -2.15. The molecule has 0 saturated heterocycles. The van der Waals surface area contributed by atoms with Crippen molar-refractivity contribution < 1.29 is 9.84 Å². The molecule has 0 aliphatic carbocycles. The second-order valence-electron chi connectivity index (χ2n) is 5.64. The second kappa shape index (κ2) is 8.54. The molecule has 3 aromatic rings. The minimum atomic E-state index is 0.221. The first-order chi connectivity index (χ1) is 12.5. The van der Waals surface area contributed by atoms with Gasteiger partial charge in [-0.05, 0) is 54.6 Å². The molecule has 0 unspecified atom stereocenters. The molecule has 0 amide bonds. The highest BCUT2D eigenvalue weighted by molar-refractivity contribution is 6.36. The molecule has 0 atom stereocenters. The predicted molar refractivity (Wildman–Crippen MR) is 108 cm³/mol. The first kappa shape index (κ1) is 18.7. The van der Waals surface area contributed by atoms with Gasteiger partial charge in [0.15, 0.2) is 0 Å². The van der Waals surface area contributed by atoms with Gasteiger partial charge in [0.05, 0.1) is 0 Å². The largest absolute Gasteiger partial charge is 0.508 e. The van der Waals surface area contributed by atoms with Crippen molar-refractivity contribution >= 4 is 40.5 Å². The third-order valence-electron chi connectivity index (χ3n) is 3.81. The van der Waals surface area contributed by atoms with E-state index >= 15 is 0 Å². The topological polar surface area (TPSA) is 41.5 Å². The Balaban J connectivity index is 1.74. The maximum Gasteiger partial charge on any atom is 0.124 e. The standard InChI is InChI=1S/C20H16Cl3NO2/c21-14-4-9-20(26-12-17-18(22)2-1-3-19(17)23)13(10-14)11-24-15-5-7-16(25)8-6-15/h1-10,24-25H,11-12H2. The summed E-state index contributed by atoms with van der Waals surface area (Å²) in [5.74, 6) is 0.913. The molecule has 0 aliphatic heterocycles. The minimum Gasteiger partial charge on any atom is -0.508 e. The summed E-state index contributed by atoms with van der Waals surface area (Å²) in [5, 5.41) is 14.4. The quantitative estimate of drug-likeness (QED) is 0.455. The lowest BCUT2D eigenvalue weighted by Crippen LogP contribution is -2.04. The van der Waals surface area contributed by atoms with Crippen LogP contribution < -0.4 is 10.1 Å². The number of nitrogens with one attached hydrogen (secondary N) is 1. The number of rotatable bonds is 6. The fraction of sp³-hybridized carbons (Fsp3) is 0.100. The lowest BCUT2D eigenvalue weighted by atomic mass is 10.2. The molecule has 0 heterocycles. The zero-order valence-corrected chi connectivity index (χ0v) is 15.9. The van der Waals surface area contributed by atoms with Crippen molar-refractivity contribution in [3.8, 4) is 11.5 Å². The Morgan fingerprint density at radius 1 is 0.885 bits per heavy atom. The molecule has 0 radical (unpaired) electrons. The van der Waals surface area contributed by atoms with Crippen LogP contribution >= 0.6 is 34.8 Å². The number of hydrogen-bond donors (Lipinski definition) is 2. The average molecular weight is 409 g/mol. The van der Waals surface area contributed by atoms with Gasteiger partial charge in [0.1, 0.15) is 18.1 Å². The summed E-state index contributed by atoms with van der Waals surface area (Å²) in [7, 11) is 0. The van der Waals surface area contributed by atoms with Crippen molar-refractivity contribution in [1.29, 1.82) is 0 Å². The van der Waals surface area contributed by atoms with Gasteiger partial charge in [-0.3, -0.25) is 0 Å². The van der Waals surface area contributed by atoms with E-state index in [9.17, 15) is 5.11 Å². The molecule has 3 aromatic carbocycles. The fourth-order valence-corrected chi connectivity index (χ4v) is 3.12. The summed E-state index contributed by atoms with van der Waals surface area (Å²) in [6.07, 6.45) is 0. The summed E-state index contributed by atoms with van der Waals surface area (Å²) in [4.78, 5) is 0. The van der Waals surface area contributed by atoms with Gasteiger partial charge >= 0.3 is 0 Å². The second-order valence-corrected chi connectivity index (χ2v) is 6.89. The highest BCUT2D eigenvalue weighted by atomic mass is 35.5. The molecule has 0 saturated carbocycles. The van der Waals surface area contributed by atoms with Crippen LogP contribution in [0.4, 0.5) is 5.69 Å². The van der Waals surface area contributed by atoms with Gasteiger partial charge in [-0.25, -0.2) is 0 Å². The number of aromatic hydroxyl groups is 1. The van der Waals surface area contributed by atoms with Gasteiger partial charge in [-0.15, -0.1) is 0 Å². The van der Waals surface area contributed by atoms with E-state index in [0.29, 0.717) is 27.4 Å². The minimum absolute atomic E-state index is 0.221. The van der Waals surface area contributed by atoms with E-state index < -0.39 is 0 Å². The van der Waals surface area contributed by atoms with Crippen LogP contribution in [-0.4, -0.2) is 5.11 Å². The molecule has 2 N–H and O–H groups in total. The van der Waals surface area contributed by atoms with Gasteiger partial charge in [-0.1, -0.05) is 40.9 Å². The van der Waals surface area contributed by atoms with Crippen LogP contribution in [0.25, 0.3) is 0 Å². The van der Waals surface area contributed by atoms with Crippen LogP contribution in [-0.2, 0) is 13.2 Å². The Hall–Kier alpha value is -2.07. The zero-order chi connectivity index (χ0) is 18.5. The number of hydrogen-bond acceptors (Lipinski definition) is 3. The van der Waals surface area contributed by atoms with Gasteiger partial charge in [0, 0.05) is 38.4 Å². The first-order valence-corrected chi connectivity index (χ1v) is 9.03. The van der Waals surface area contributed by atoms with Crippen LogP contribution in [0.15, 0.2) is 60.7 Å². The number of ether oxygens (including phenoxy) is 1. The van der Waals surface area contributed by atoms with E-state index in [1.165, 1.54) is 0 Å². The van der Waals surface area contributed by atoms with Gasteiger partial charge in [0.2, 0.25) is 0 Å². The van der Waals surface area contributed by atoms with Crippen LogP contribution in [0.3, 0.4) is 0 Å². The van der Waals surface area contributed by atoms with Gasteiger partial charge in [-0.2, -0.15) is 0 Å². The fourth-order valence-electron chi connectivity index (χ4n) is 2.42. The SMILES string of the molecule is Oc1ccc(NCc2cc(Cl)ccc2OCc2c(Cl)cccc2Cl)cc1. The van der Waals surface area contributed by atoms with Crippen LogP contribution in [0.5, 0.6) is 11.5 Å². The van der Waals surface area contributed by atoms with Crippen molar-refractivity contribution in [2.24, 2.45) is 0 Å². The Bertz CT molecular complexity index is 878. The zero-order valence-electron chi connectivity index (χ0n) is 13.7. The van der Waals surface area contributed by atoms with Crippen LogP contribution in [0.2, 0.25) is 15.1 Å². The molecule has 0 bridgehead atoms. The summed E-state index contributed by atoms with van der Waals surface area (Å²) in [5.41, 5.74) is 2.51. The Morgan fingerprint density at radius 2 is 1.58 bits per heavy atom. The predicted octanol–water partition coefficient (Wildman–Crippen LogP) is 6.54. The Morgan fingerprint density at radius 3 is 2.27 bits per heavy atom. The van der Waals surface area contributed by atoms with Crippen molar-refractivity contribution in [2.75, 3.05) is 5.32 Å². The maximum absolute atomic E-state index is 9.36. The number of benzene rings is 3. The molecule has 0 spiro atoms. The van der Waals surface area contributed by atoms with Crippen LogP contribution in [0, 0.1) is 0 Å². The summed E-state index contributed by atoms with van der Waals surface area (Å²) < 4.78 is 5.94. The molecule has 6 heteroatoms. The molecule has 3 rings (SSSR count). The molecule has 26 heavy (non-hydrogen) atoms. The number of phenols is 1. The number of halogens is 3. The van der Waals surface area contributed by atoms with E-state index in [1.54, 1.807) is 48.5 Å². The molecular weight excluding hydrogens is 393 g/mol. The smallest absolute Gasteiger partial charge is 0.124 e. The van der Waals surface area contributed by atoms with Crippen molar-refractivity contribution in [3.05, 3.63) is 86.9 Å². The summed E-state index contributed by atoms with van der Waals surface area (Å²) in [6.45, 7) is 0.767. The summed E-state index contributed by atoms with van der Waals surface area (Å²) in [6, 6.07) is 17.6. The third-order valence-corrected chi connectivity index (χ3v) is 4.75. The molecule has 0 fully saturated rings. The Kier molecular flexibility index (Phi) is 6.15. The van der Waals surface area contributed by atoms with E-state index in [4.69, 9.17) is 39.5 Å². The van der Waals surface area contributed by atoms with Crippen molar-refractivity contribution in [2.45, 2.75) is 13.2 Å². The van der Waals surface area contributed by atoms with E-state index in [-0.39, 0.29) is 12.4 Å². The molecule has 3 nitrogen and oxygen atoms in total. The lowest BCUT2D eigenvalue weighted by molar-refractivity contribution is 0.303.